The summed E-state index contributed by atoms with van der Waals surface area (Å²) < 4.78 is 0. The Hall–Kier alpha value is -1.00. The van der Waals surface area contributed by atoms with Gasteiger partial charge in [-0.2, -0.15) is 0 Å². The fourth-order valence-corrected chi connectivity index (χ4v) is 3.26. The molecule has 2 fully saturated rings. The first kappa shape index (κ1) is 13.0. The molecule has 104 valence electrons. The summed E-state index contributed by atoms with van der Waals surface area (Å²) in [5.74, 6) is 2.17. The molecule has 4 nitrogen and oxygen atoms in total. The number of likely N-dealkylation sites (N-methyl/N-ethyl adjacent to an activating group) is 1. The van der Waals surface area contributed by atoms with Crippen molar-refractivity contribution in [1.29, 1.82) is 0 Å². The predicted molar refractivity (Wildman–Crippen MR) is 76.5 cm³/mol. The first-order valence-electron chi connectivity index (χ1n) is 7.47. The number of aryl methyl sites for hydroxylation is 1. The van der Waals surface area contributed by atoms with Crippen LogP contribution in [0.25, 0.3) is 0 Å². The zero-order valence-electron chi connectivity index (χ0n) is 12.0. The lowest BCUT2D eigenvalue weighted by atomic mass is 9.97. The lowest BCUT2D eigenvalue weighted by molar-refractivity contribution is 0.409. The molecular formula is C15H24N4. The Balaban J connectivity index is 1.83. The zero-order chi connectivity index (χ0) is 13.2. The molecule has 2 aliphatic rings. The molecule has 0 aliphatic carbocycles. The minimum Gasteiger partial charge on any atom is -0.316 e. The summed E-state index contributed by atoms with van der Waals surface area (Å²) in [6, 6.07) is 2.18. The summed E-state index contributed by atoms with van der Waals surface area (Å²) in [6.07, 6.45) is 3.69. The average molecular weight is 260 g/mol. The normalized spacial score (nSPS) is 28.7. The monoisotopic (exact) mass is 260 g/mol. The third kappa shape index (κ3) is 2.95. The number of aromatic nitrogens is 2. The van der Waals surface area contributed by atoms with Crippen molar-refractivity contribution in [3.05, 3.63) is 23.3 Å². The van der Waals surface area contributed by atoms with E-state index in [-0.39, 0.29) is 0 Å². The second-order valence-electron chi connectivity index (χ2n) is 6.08. The SMILES string of the molecule is Cc1cc(C2CCN(C)C2)nc(C2CCCNC2)n1. The van der Waals surface area contributed by atoms with Gasteiger partial charge in [0, 0.05) is 36.3 Å². The Morgan fingerprint density at radius 3 is 2.84 bits per heavy atom. The second kappa shape index (κ2) is 5.55. The van der Waals surface area contributed by atoms with E-state index in [0.717, 1.165) is 31.2 Å². The number of hydrogen-bond donors (Lipinski definition) is 1. The number of likely N-dealkylation sites (tertiary alicyclic amines) is 1. The molecule has 0 saturated carbocycles. The fraction of sp³-hybridized carbons (Fsp3) is 0.733. The van der Waals surface area contributed by atoms with Crippen LogP contribution in [0.1, 0.15) is 48.3 Å². The van der Waals surface area contributed by atoms with Crippen LogP contribution in [0.5, 0.6) is 0 Å². The summed E-state index contributed by atoms with van der Waals surface area (Å²) in [5, 5.41) is 3.46. The zero-order valence-corrected chi connectivity index (χ0v) is 12.0. The van der Waals surface area contributed by atoms with Crippen molar-refractivity contribution in [2.45, 2.75) is 38.0 Å². The van der Waals surface area contributed by atoms with Crippen molar-refractivity contribution in [2.75, 3.05) is 33.2 Å². The van der Waals surface area contributed by atoms with Crippen LogP contribution < -0.4 is 5.32 Å². The van der Waals surface area contributed by atoms with Crippen molar-refractivity contribution in [1.82, 2.24) is 20.2 Å². The third-order valence-corrected chi connectivity index (χ3v) is 4.36. The van der Waals surface area contributed by atoms with E-state index in [2.05, 4.69) is 35.2 Å². The van der Waals surface area contributed by atoms with Crippen LogP contribution in [0, 0.1) is 6.92 Å². The Morgan fingerprint density at radius 1 is 1.26 bits per heavy atom. The number of rotatable bonds is 2. The van der Waals surface area contributed by atoms with E-state index >= 15 is 0 Å². The number of nitrogens with zero attached hydrogens (tertiary/aromatic N) is 3. The Kier molecular flexibility index (Phi) is 3.80. The molecule has 2 atom stereocenters. The van der Waals surface area contributed by atoms with Crippen LogP contribution in [0.4, 0.5) is 0 Å². The van der Waals surface area contributed by atoms with Gasteiger partial charge in [0.1, 0.15) is 5.82 Å². The summed E-state index contributed by atoms with van der Waals surface area (Å²) >= 11 is 0. The van der Waals surface area contributed by atoms with Crippen LogP contribution in [0.3, 0.4) is 0 Å². The highest BCUT2D eigenvalue weighted by atomic mass is 15.1. The van der Waals surface area contributed by atoms with E-state index in [0.29, 0.717) is 11.8 Å². The van der Waals surface area contributed by atoms with Crippen LogP contribution in [0.2, 0.25) is 0 Å². The highest BCUT2D eigenvalue weighted by molar-refractivity contribution is 5.18. The van der Waals surface area contributed by atoms with E-state index in [1.807, 2.05) is 0 Å². The van der Waals surface area contributed by atoms with E-state index in [9.17, 15) is 0 Å². The molecule has 2 saturated heterocycles. The van der Waals surface area contributed by atoms with Gasteiger partial charge in [-0.25, -0.2) is 9.97 Å². The smallest absolute Gasteiger partial charge is 0.133 e. The molecule has 2 aliphatic heterocycles. The Morgan fingerprint density at radius 2 is 2.16 bits per heavy atom. The molecule has 0 radical (unpaired) electrons. The average Bonchev–Trinajstić information content (AvgIpc) is 2.86. The number of piperidine rings is 1. The lowest BCUT2D eigenvalue weighted by Gasteiger charge is -2.22. The van der Waals surface area contributed by atoms with E-state index in [1.165, 1.54) is 31.5 Å². The van der Waals surface area contributed by atoms with Crippen molar-refractivity contribution in [3.8, 4) is 0 Å². The van der Waals surface area contributed by atoms with Gasteiger partial charge in [0.15, 0.2) is 0 Å². The number of hydrogen-bond acceptors (Lipinski definition) is 4. The topological polar surface area (TPSA) is 41.1 Å². The number of nitrogens with one attached hydrogen (secondary N) is 1. The van der Waals surface area contributed by atoms with Crippen molar-refractivity contribution < 1.29 is 0 Å². The van der Waals surface area contributed by atoms with Crippen molar-refractivity contribution >= 4 is 0 Å². The standard InChI is InChI=1S/C15H24N4/c1-11-8-14(13-5-7-19(2)10-13)18-15(17-11)12-4-3-6-16-9-12/h8,12-13,16H,3-7,9-10H2,1-2H3. The largest absolute Gasteiger partial charge is 0.316 e. The fourth-order valence-electron chi connectivity index (χ4n) is 3.26. The van der Waals surface area contributed by atoms with Crippen molar-refractivity contribution in [3.63, 3.8) is 0 Å². The molecule has 1 N–H and O–H groups in total. The predicted octanol–water partition coefficient (Wildman–Crippen LogP) is 1.67. The second-order valence-corrected chi connectivity index (χ2v) is 6.08. The summed E-state index contributed by atoms with van der Waals surface area (Å²) in [6.45, 7) is 6.60. The quantitative estimate of drug-likeness (QED) is 0.878. The molecule has 0 aromatic carbocycles. The summed E-state index contributed by atoms with van der Waals surface area (Å²) in [7, 11) is 2.19. The Bertz CT molecular complexity index is 417. The molecule has 0 spiro atoms. The first-order valence-corrected chi connectivity index (χ1v) is 7.47. The maximum atomic E-state index is 4.90. The first-order chi connectivity index (χ1) is 9.22. The maximum absolute atomic E-state index is 4.90. The van der Waals surface area contributed by atoms with E-state index < -0.39 is 0 Å². The molecule has 0 bridgehead atoms. The maximum Gasteiger partial charge on any atom is 0.133 e. The summed E-state index contributed by atoms with van der Waals surface area (Å²) in [4.78, 5) is 12.0. The minimum absolute atomic E-state index is 0.506. The molecular weight excluding hydrogens is 236 g/mol. The third-order valence-electron chi connectivity index (χ3n) is 4.36. The molecule has 4 heteroatoms. The highest BCUT2D eigenvalue weighted by Gasteiger charge is 2.25. The van der Waals surface area contributed by atoms with Gasteiger partial charge in [0.25, 0.3) is 0 Å². The van der Waals surface area contributed by atoms with Gasteiger partial charge in [-0.3, -0.25) is 0 Å². The van der Waals surface area contributed by atoms with E-state index in [1.54, 1.807) is 0 Å². The minimum atomic E-state index is 0.506. The van der Waals surface area contributed by atoms with Crippen molar-refractivity contribution in [2.24, 2.45) is 0 Å². The van der Waals surface area contributed by atoms with E-state index in [4.69, 9.17) is 4.98 Å². The van der Waals surface area contributed by atoms with Crippen LogP contribution in [-0.2, 0) is 0 Å². The lowest BCUT2D eigenvalue weighted by Crippen LogP contribution is -2.29. The molecule has 1 aromatic heterocycles. The molecule has 3 heterocycles. The van der Waals surface area contributed by atoms with Gasteiger partial charge in [0.05, 0.1) is 0 Å². The molecule has 3 rings (SSSR count). The van der Waals surface area contributed by atoms with Crippen LogP contribution in [0.15, 0.2) is 6.07 Å². The molecule has 0 amide bonds. The van der Waals surface area contributed by atoms with Crippen LogP contribution >= 0.6 is 0 Å². The van der Waals surface area contributed by atoms with Gasteiger partial charge in [-0.15, -0.1) is 0 Å². The summed E-state index contributed by atoms with van der Waals surface area (Å²) in [5.41, 5.74) is 2.39. The van der Waals surface area contributed by atoms with Gasteiger partial charge in [-0.1, -0.05) is 0 Å². The van der Waals surface area contributed by atoms with Gasteiger partial charge >= 0.3 is 0 Å². The molecule has 19 heavy (non-hydrogen) atoms. The molecule has 2 unspecified atom stereocenters. The Labute approximate surface area is 115 Å². The van der Waals surface area contributed by atoms with Gasteiger partial charge < -0.3 is 10.2 Å². The van der Waals surface area contributed by atoms with Gasteiger partial charge in [-0.05, 0) is 52.4 Å². The highest BCUT2D eigenvalue weighted by Crippen LogP contribution is 2.27. The van der Waals surface area contributed by atoms with Gasteiger partial charge in [0.2, 0.25) is 0 Å². The van der Waals surface area contributed by atoms with Crippen LogP contribution in [-0.4, -0.2) is 48.1 Å². The molecule has 1 aromatic rings.